The normalized spacial score (nSPS) is 15.1. The fraction of sp³-hybridized carbons (Fsp3) is 0.381. The number of benzene rings is 2. The van der Waals surface area contributed by atoms with Gasteiger partial charge in [-0.1, -0.05) is 24.3 Å². The number of hydrogen-bond acceptors (Lipinski definition) is 4. The average Bonchev–Trinajstić information content (AvgIpc) is 2.66. The van der Waals surface area contributed by atoms with E-state index in [0.29, 0.717) is 5.56 Å². The van der Waals surface area contributed by atoms with Crippen LogP contribution < -0.4 is 4.72 Å². The first-order chi connectivity index (χ1) is 12.8. The molecule has 1 N–H and O–H groups in total. The molecule has 27 heavy (non-hydrogen) atoms. The summed E-state index contributed by atoms with van der Waals surface area (Å²) >= 11 is 0. The second-order valence-corrected chi connectivity index (χ2v) is 8.73. The number of ether oxygens (including phenoxy) is 1. The molecule has 1 aliphatic rings. The standard InChI is InChI=1S/C21H25NO4S/c1-14-8-9-19(21(23)26-3)13-20(14)27(24,25)22-15(2)17-11-10-16-6-4-5-7-18(16)12-17/h8-13,15,22H,4-7H2,1-3H3/t15-/m1/s1. The first-order valence-electron chi connectivity index (χ1n) is 9.15. The predicted octanol–water partition coefficient (Wildman–Crippen LogP) is 3.70. The minimum Gasteiger partial charge on any atom is -0.465 e. The van der Waals surface area contributed by atoms with Gasteiger partial charge in [-0.25, -0.2) is 17.9 Å². The Balaban J connectivity index is 1.87. The highest BCUT2D eigenvalue weighted by molar-refractivity contribution is 7.89. The largest absolute Gasteiger partial charge is 0.465 e. The lowest BCUT2D eigenvalue weighted by Crippen LogP contribution is -2.28. The Labute approximate surface area is 160 Å². The van der Waals surface area contributed by atoms with Crippen LogP contribution in [0.3, 0.4) is 0 Å². The Morgan fingerprint density at radius 3 is 2.48 bits per heavy atom. The van der Waals surface area contributed by atoms with E-state index in [2.05, 4.69) is 16.9 Å². The molecule has 0 aromatic heterocycles. The minimum atomic E-state index is -3.78. The SMILES string of the molecule is COC(=O)c1ccc(C)c(S(=O)(=O)N[C@H](C)c2ccc3c(c2)CCCC3)c1. The molecule has 0 saturated carbocycles. The van der Waals surface area contributed by atoms with Gasteiger partial charge >= 0.3 is 5.97 Å². The molecule has 0 radical (unpaired) electrons. The van der Waals surface area contributed by atoms with Crippen LogP contribution in [-0.2, 0) is 27.6 Å². The van der Waals surface area contributed by atoms with Gasteiger partial charge in [0.1, 0.15) is 0 Å². The van der Waals surface area contributed by atoms with Crippen molar-refractivity contribution in [3.8, 4) is 0 Å². The van der Waals surface area contributed by atoms with Gasteiger partial charge in [-0.05, 0) is 73.9 Å². The zero-order valence-electron chi connectivity index (χ0n) is 15.9. The second kappa shape index (κ2) is 7.82. The Morgan fingerprint density at radius 1 is 1.07 bits per heavy atom. The number of rotatable bonds is 5. The molecule has 3 rings (SSSR count). The van der Waals surface area contributed by atoms with E-state index < -0.39 is 16.0 Å². The summed E-state index contributed by atoms with van der Waals surface area (Å²) in [4.78, 5) is 11.8. The molecule has 1 aliphatic carbocycles. The maximum Gasteiger partial charge on any atom is 0.337 e. The highest BCUT2D eigenvalue weighted by Gasteiger charge is 2.23. The lowest BCUT2D eigenvalue weighted by atomic mass is 9.89. The molecule has 2 aromatic rings. The second-order valence-electron chi connectivity index (χ2n) is 7.05. The predicted molar refractivity (Wildman–Crippen MR) is 104 cm³/mol. The van der Waals surface area contributed by atoms with E-state index in [-0.39, 0.29) is 16.5 Å². The number of sulfonamides is 1. The van der Waals surface area contributed by atoms with Crippen molar-refractivity contribution < 1.29 is 17.9 Å². The number of methoxy groups -OCH3 is 1. The number of esters is 1. The molecular formula is C21H25NO4S. The minimum absolute atomic E-state index is 0.0928. The summed E-state index contributed by atoms with van der Waals surface area (Å²) in [6, 6.07) is 10.4. The number of carbonyl (C=O) groups excluding carboxylic acids is 1. The molecule has 0 spiro atoms. The van der Waals surface area contributed by atoms with E-state index >= 15 is 0 Å². The molecule has 0 fully saturated rings. The third kappa shape index (κ3) is 4.22. The summed E-state index contributed by atoms with van der Waals surface area (Å²) in [7, 11) is -2.51. The first-order valence-corrected chi connectivity index (χ1v) is 10.6. The molecule has 0 saturated heterocycles. The molecule has 0 heterocycles. The van der Waals surface area contributed by atoms with Gasteiger partial charge in [-0.15, -0.1) is 0 Å². The Morgan fingerprint density at radius 2 is 1.78 bits per heavy atom. The third-order valence-corrected chi connectivity index (χ3v) is 6.79. The van der Waals surface area contributed by atoms with Crippen LogP contribution in [0.1, 0.15) is 58.4 Å². The van der Waals surface area contributed by atoms with Crippen molar-refractivity contribution in [2.24, 2.45) is 0 Å². The van der Waals surface area contributed by atoms with Crippen molar-refractivity contribution in [3.63, 3.8) is 0 Å². The fourth-order valence-electron chi connectivity index (χ4n) is 3.52. The van der Waals surface area contributed by atoms with E-state index in [1.165, 1.54) is 37.1 Å². The highest BCUT2D eigenvalue weighted by Crippen LogP contribution is 2.26. The Hall–Kier alpha value is -2.18. The van der Waals surface area contributed by atoms with E-state index in [1.807, 2.05) is 13.0 Å². The van der Waals surface area contributed by atoms with Crippen molar-refractivity contribution in [2.45, 2.75) is 50.5 Å². The van der Waals surface area contributed by atoms with Crippen LogP contribution in [0, 0.1) is 6.92 Å². The summed E-state index contributed by atoms with van der Waals surface area (Å²) in [6.45, 7) is 3.54. The van der Waals surface area contributed by atoms with Gasteiger partial charge in [-0.2, -0.15) is 0 Å². The number of aryl methyl sites for hydroxylation is 3. The van der Waals surface area contributed by atoms with Gasteiger partial charge in [0.05, 0.1) is 17.6 Å². The molecule has 144 valence electrons. The number of fused-ring (bicyclic) bond motifs is 1. The van der Waals surface area contributed by atoms with Gasteiger partial charge < -0.3 is 4.74 Å². The van der Waals surface area contributed by atoms with Crippen molar-refractivity contribution >= 4 is 16.0 Å². The number of nitrogens with one attached hydrogen (secondary N) is 1. The van der Waals surface area contributed by atoms with Gasteiger partial charge in [0, 0.05) is 6.04 Å². The summed E-state index contributed by atoms with van der Waals surface area (Å²) in [5.41, 5.74) is 4.41. The zero-order chi connectivity index (χ0) is 19.6. The quantitative estimate of drug-likeness (QED) is 0.794. The molecular weight excluding hydrogens is 362 g/mol. The average molecular weight is 388 g/mol. The maximum atomic E-state index is 12.9. The van der Waals surface area contributed by atoms with Crippen LogP contribution in [0.5, 0.6) is 0 Å². The maximum absolute atomic E-state index is 12.9. The molecule has 2 aromatic carbocycles. The van der Waals surface area contributed by atoms with Gasteiger partial charge in [0.25, 0.3) is 0 Å². The number of carbonyl (C=O) groups is 1. The topological polar surface area (TPSA) is 72.5 Å². The fourth-order valence-corrected chi connectivity index (χ4v) is 5.02. The summed E-state index contributed by atoms with van der Waals surface area (Å²) in [6.07, 6.45) is 4.53. The molecule has 0 aliphatic heterocycles. The molecule has 6 heteroatoms. The lowest BCUT2D eigenvalue weighted by Gasteiger charge is -2.20. The Bertz CT molecular complexity index is 966. The number of hydrogen-bond donors (Lipinski definition) is 1. The van der Waals surface area contributed by atoms with Crippen LogP contribution in [0.25, 0.3) is 0 Å². The van der Waals surface area contributed by atoms with E-state index in [0.717, 1.165) is 18.4 Å². The highest BCUT2D eigenvalue weighted by atomic mass is 32.2. The van der Waals surface area contributed by atoms with Crippen LogP contribution in [0.2, 0.25) is 0 Å². The lowest BCUT2D eigenvalue weighted by molar-refractivity contribution is 0.0600. The van der Waals surface area contributed by atoms with Crippen molar-refractivity contribution in [1.82, 2.24) is 4.72 Å². The molecule has 5 nitrogen and oxygen atoms in total. The van der Waals surface area contributed by atoms with E-state index in [1.54, 1.807) is 19.1 Å². The third-order valence-electron chi connectivity index (χ3n) is 5.10. The van der Waals surface area contributed by atoms with Gasteiger partial charge in [-0.3, -0.25) is 0 Å². The molecule has 0 unspecified atom stereocenters. The summed E-state index contributed by atoms with van der Waals surface area (Å²) < 4.78 is 33.3. The zero-order valence-corrected chi connectivity index (χ0v) is 16.7. The first kappa shape index (κ1) is 19.6. The van der Waals surface area contributed by atoms with Gasteiger partial charge in [0.15, 0.2) is 0 Å². The van der Waals surface area contributed by atoms with Crippen molar-refractivity contribution in [3.05, 3.63) is 64.2 Å². The van der Waals surface area contributed by atoms with Crippen LogP contribution in [0.15, 0.2) is 41.3 Å². The van der Waals surface area contributed by atoms with Crippen LogP contribution in [-0.4, -0.2) is 21.5 Å². The van der Waals surface area contributed by atoms with Crippen molar-refractivity contribution in [2.75, 3.05) is 7.11 Å². The van der Waals surface area contributed by atoms with Crippen LogP contribution >= 0.6 is 0 Å². The molecule has 1 atom stereocenters. The smallest absolute Gasteiger partial charge is 0.337 e. The Kier molecular flexibility index (Phi) is 5.67. The molecule has 0 bridgehead atoms. The van der Waals surface area contributed by atoms with Gasteiger partial charge in [0.2, 0.25) is 10.0 Å². The van der Waals surface area contributed by atoms with Crippen LogP contribution in [0.4, 0.5) is 0 Å². The molecule has 0 amide bonds. The van der Waals surface area contributed by atoms with E-state index in [9.17, 15) is 13.2 Å². The monoisotopic (exact) mass is 387 g/mol. The summed E-state index contributed by atoms with van der Waals surface area (Å²) in [5.74, 6) is -0.561. The van der Waals surface area contributed by atoms with E-state index in [4.69, 9.17) is 4.74 Å². The summed E-state index contributed by atoms with van der Waals surface area (Å²) in [5, 5.41) is 0. The van der Waals surface area contributed by atoms with Crippen molar-refractivity contribution in [1.29, 1.82) is 0 Å².